The summed E-state index contributed by atoms with van der Waals surface area (Å²) in [6, 6.07) is 12.5. The monoisotopic (exact) mass is 705 g/mol. The summed E-state index contributed by atoms with van der Waals surface area (Å²) < 4.78 is 26.0. The van der Waals surface area contributed by atoms with Gasteiger partial charge in [-0.05, 0) is 92.6 Å². The van der Waals surface area contributed by atoms with Gasteiger partial charge in [0.1, 0.15) is 17.6 Å². The number of ketones is 1. The highest BCUT2D eigenvalue weighted by molar-refractivity contribution is 6.31. The van der Waals surface area contributed by atoms with Gasteiger partial charge >= 0.3 is 12.1 Å². The molecule has 0 aromatic heterocycles. The lowest BCUT2D eigenvalue weighted by Crippen LogP contribution is -2.44. The van der Waals surface area contributed by atoms with Crippen molar-refractivity contribution in [3.63, 3.8) is 0 Å². The number of anilines is 1. The second-order valence-corrected chi connectivity index (χ2v) is 12.5. The number of halogens is 2. The van der Waals surface area contributed by atoms with Crippen molar-refractivity contribution in [2.24, 2.45) is 5.92 Å². The number of carboxylic acids is 1. The van der Waals surface area contributed by atoms with Gasteiger partial charge in [0.25, 0.3) is 5.91 Å². The maximum Gasteiger partial charge on any atom is 0.409 e. The fourth-order valence-corrected chi connectivity index (χ4v) is 6.52. The van der Waals surface area contributed by atoms with E-state index in [0.29, 0.717) is 49.0 Å². The first-order valence-electron chi connectivity index (χ1n) is 16.2. The Morgan fingerprint density at radius 1 is 1.02 bits per heavy atom. The SMILES string of the molecule is COC(=O)N1CCC(CCOc2cccc3c2CCN(C(=O)C=Cc2c(C(C)=O)ccc(Cl)c2F)C3C(=O)Nc2ccc(C(=O)O)cc2)CC1. The summed E-state index contributed by atoms with van der Waals surface area (Å²) in [5.74, 6) is -2.57. The number of carbonyl (C=O) groups excluding carboxylic acids is 4. The molecule has 2 aliphatic rings. The molecule has 11 nitrogen and oxygen atoms in total. The van der Waals surface area contributed by atoms with Crippen LogP contribution in [0.2, 0.25) is 5.02 Å². The summed E-state index contributed by atoms with van der Waals surface area (Å²) in [6.07, 6.45) is 4.77. The molecule has 50 heavy (non-hydrogen) atoms. The van der Waals surface area contributed by atoms with E-state index >= 15 is 0 Å². The number of aromatic carboxylic acids is 1. The summed E-state index contributed by atoms with van der Waals surface area (Å²) in [5.41, 5.74) is 1.59. The van der Waals surface area contributed by atoms with Crippen LogP contribution in [0, 0.1) is 11.7 Å². The third-order valence-electron chi connectivity index (χ3n) is 9.04. The molecule has 1 atom stereocenters. The minimum atomic E-state index is -1.13. The molecule has 1 saturated heterocycles. The standard InChI is InChI=1S/C37H37ClFN3O8/c1-22(43)26-10-12-30(38)33(39)28(26)11-13-32(44)42-20-16-27-29(34(42)35(45)40-25-8-6-24(7-9-25)36(46)47)4-3-5-31(27)50-21-17-23-14-18-41(19-15-23)37(48)49-2/h3-13,23,34H,14-21H2,1-2H3,(H,40,45)(H,46,47). The van der Waals surface area contributed by atoms with Crippen molar-refractivity contribution in [1.29, 1.82) is 0 Å². The fourth-order valence-electron chi connectivity index (χ4n) is 6.35. The molecule has 0 spiro atoms. The largest absolute Gasteiger partial charge is 0.493 e. The molecule has 1 unspecified atom stereocenters. The average molecular weight is 706 g/mol. The highest BCUT2D eigenvalue weighted by Crippen LogP contribution is 2.37. The van der Waals surface area contributed by atoms with Crippen molar-refractivity contribution in [3.8, 4) is 5.75 Å². The number of nitrogens with one attached hydrogen (secondary N) is 1. The Morgan fingerprint density at radius 3 is 2.40 bits per heavy atom. The third-order valence-corrected chi connectivity index (χ3v) is 9.34. The highest BCUT2D eigenvalue weighted by Gasteiger charge is 2.37. The number of piperidine rings is 1. The second-order valence-electron chi connectivity index (χ2n) is 12.1. The lowest BCUT2D eigenvalue weighted by molar-refractivity contribution is -0.135. The van der Waals surface area contributed by atoms with Gasteiger partial charge in [-0.15, -0.1) is 0 Å². The van der Waals surface area contributed by atoms with Crippen LogP contribution in [0.25, 0.3) is 6.08 Å². The molecule has 13 heteroatoms. The molecule has 2 N–H and O–H groups in total. The first kappa shape index (κ1) is 36.1. The molecule has 2 aliphatic heterocycles. The van der Waals surface area contributed by atoms with Crippen LogP contribution in [0.15, 0.2) is 60.7 Å². The van der Waals surface area contributed by atoms with Crippen molar-refractivity contribution >= 4 is 53.0 Å². The number of carbonyl (C=O) groups is 5. The van der Waals surface area contributed by atoms with E-state index < -0.39 is 35.4 Å². The van der Waals surface area contributed by atoms with Crippen molar-refractivity contribution < 1.29 is 42.9 Å². The molecule has 3 aromatic carbocycles. The first-order chi connectivity index (χ1) is 24.0. The lowest BCUT2D eigenvalue weighted by Gasteiger charge is -2.36. The second kappa shape index (κ2) is 16.0. The predicted molar refractivity (Wildman–Crippen MR) is 184 cm³/mol. The summed E-state index contributed by atoms with van der Waals surface area (Å²) in [7, 11) is 1.37. The molecule has 2 heterocycles. The Balaban J connectivity index is 1.39. The smallest absolute Gasteiger partial charge is 0.409 e. The summed E-state index contributed by atoms with van der Waals surface area (Å²) in [5, 5.41) is 11.8. The zero-order chi connectivity index (χ0) is 35.9. The number of rotatable bonds is 10. The maximum absolute atomic E-state index is 15.0. The quantitative estimate of drug-likeness (QED) is 0.182. The van der Waals surface area contributed by atoms with E-state index in [2.05, 4.69) is 5.32 Å². The number of carboxylic acid groups (broad SMARTS) is 1. The summed E-state index contributed by atoms with van der Waals surface area (Å²) in [6.45, 7) is 3.05. The molecule has 0 radical (unpaired) electrons. The molecule has 0 saturated carbocycles. The Labute approximate surface area is 293 Å². The van der Waals surface area contributed by atoms with E-state index in [1.807, 2.05) is 6.07 Å². The van der Waals surface area contributed by atoms with Gasteiger partial charge in [0.15, 0.2) is 5.78 Å². The minimum absolute atomic E-state index is 0.0435. The lowest BCUT2D eigenvalue weighted by atomic mass is 9.90. The number of hydrogen-bond acceptors (Lipinski definition) is 7. The van der Waals surface area contributed by atoms with Crippen LogP contribution in [-0.4, -0.2) is 77.9 Å². The number of nitrogens with zero attached hydrogens (tertiary/aromatic N) is 2. The van der Waals surface area contributed by atoms with Crippen LogP contribution >= 0.6 is 11.6 Å². The molecule has 0 bridgehead atoms. The number of fused-ring (bicyclic) bond motifs is 1. The molecule has 0 aliphatic carbocycles. The highest BCUT2D eigenvalue weighted by atomic mass is 35.5. The Hall–Kier alpha value is -5.23. The fraction of sp³-hybridized carbons (Fsp3) is 0.324. The van der Waals surface area contributed by atoms with Crippen molar-refractivity contribution in [3.05, 3.63) is 99.3 Å². The minimum Gasteiger partial charge on any atom is -0.493 e. The topological polar surface area (TPSA) is 143 Å². The van der Waals surface area contributed by atoms with E-state index in [0.717, 1.165) is 30.9 Å². The van der Waals surface area contributed by atoms with E-state index in [4.69, 9.17) is 21.1 Å². The van der Waals surface area contributed by atoms with E-state index in [9.17, 15) is 33.5 Å². The van der Waals surface area contributed by atoms with Crippen molar-refractivity contribution in [2.75, 3.05) is 38.7 Å². The predicted octanol–water partition coefficient (Wildman–Crippen LogP) is 6.41. The van der Waals surface area contributed by atoms with Crippen LogP contribution < -0.4 is 10.1 Å². The third kappa shape index (κ3) is 8.14. The zero-order valence-corrected chi connectivity index (χ0v) is 28.4. The van der Waals surface area contributed by atoms with Crippen LogP contribution in [-0.2, 0) is 20.7 Å². The van der Waals surface area contributed by atoms with Gasteiger partial charge in [0.2, 0.25) is 5.91 Å². The molecule has 3 amide bonds. The molecule has 5 rings (SSSR count). The van der Waals surface area contributed by atoms with Gasteiger partial charge in [-0.1, -0.05) is 23.7 Å². The van der Waals surface area contributed by atoms with E-state index in [1.54, 1.807) is 17.0 Å². The van der Waals surface area contributed by atoms with Gasteiger partial charge in [-0.3, -0.25) is 14.4 Å². The van der Waals surface area contributed by atoms with Crippen molar-refractivity contribution in [1.82, 2.24) is 9.80 Å². The molecule has 1 fully saturated rings. The number of likely N-dealkylation sites (tertiary alicyclic amines) is 1. The number of benzene rings is 3. The normalized spacial score (nSPS) is 16.1. The van der Waals surface area contributed by atoms with Gasteiger partial charge in [0.05, 0.1) is 24.3 Å². The summed E-state index contributed by atoms with van der Waals surface area (Å²) in [4.78, 5) is 66.1. The van der Waals surface area contributed by atoms with Gasteiger partial charge in [0, 0.05) is 48.1 Å². The summed E-state index contributed by atoms with van der Waals surface area (Å²) >= 11 is 5.97. The number of methoxy groups -OCH3 is 1. The first-order valence-corrected chi connectivity index (χ1v) is 16.6. The maximum atomic E-state index is 15.0. The van der Waals surface area contributed by atoms with Crippen LogP contribution in [0.4, 0.5) is 14.9 Å². The Kier molecular flexibility index (Phi) is 11.5. The molecule has 3 aromatic rings. The van der Waals surface area contributed by atoms with Gasteiger partial charge in [-0.25, -0.2) is 14.0 Å². The van der Waals surface area contributed by atoms with Crippen molar-refractivity contribution in [2.45, 2.75) is 38.6 Å². The zero-order valence-electron chi connectivity index (χ0n) is 27.6. The number of Topliss-reactive ketones (excluding diaryl/α,β-unsaturated/α-hetero) is 1. The van der Waals surface area contributed by atoms with Crippen LogP contribution in [0.5, 0.6) is 5.75 Å². The average Bonchev–Trinajstić information content (AvgIpc) is 3.11. The van der Waals surface area contributed by atoms with E-state index in [1.165, 1.54) is 61.4 Å². The van der Waals surface area contributed by atoms with Crippen LogP contribution in [0.3, 0.4) is 0 Å². The number of ether oxygens (including phenoxy) is 2. The van der Waals surface area contributed by atoms with E-state index in [-0.39, 0.29) is 34.4 Å². The Morgan fingerprint density at radius 2 is 1.74 bits per heavy atom. The van der Waals surface area contributed by atoms with Gasteiger partial charge in [-0.2, -0.15) is 0 Å². The molecule has 262 valence electrons. The van der Waals surface area contributed by atoms with Gasteiger partial charge < -0.3 is 29.7 Å². The Bertz CT molecular complexity index is 1820. The number of hydrogen-bond donors (Lipinski definition) is 2. The molecular weight excluding hydrogens is 669 g/mol. The molecular formula is C37H37ClFN3O8. The van der Waals surface area contributed by atoms with Crippen LogP contribution in [0.1, 0.15) is 69.6 Å². The number of amides is 3.